The van der Waals surface area contributed by atoms with Crippen molar-refractivity contribution >= 4 is 0 Å². The first kappa shape index (κ1) is 9.96. The molecule has 0 radical (unpaired) electrons. The van der Waals surface area contributed by atoms with Crippen LogP contribution in [0.3, 0.4) is 0 Å². The molecule has 1 atom stereocenters. The number of hydrogen-bond acceptors (Lipinski definition) is 3. The van der Waals surface area contributed by atoms with Gasteiger partial charge in [-0.3, -0.25) is 4.90 Å². The highest BCUT2D eigenvalue weighted by Crippen LogP contribution is 2.13. The monoisotopic (exact) mass is 173 g/mol. The number of nitrogens with zero attached hydrogens (tertiary/aromatic N) is 1. The summed E-state index contributed by atoms with van der Waals surface area (Å²) in [5, 5.41) is 9.57. The molecule has 1 rings (SSSR count). The Kier molecular flexibility index (Phi) is 3.09. The Balaban J connectivity index is 2.31. The molecule has 0 bridgehead atoms. The number of likely N-dealkylation sites (N-methyl/N-ethyl adjacent to an activating group) is 1. The summed E-state index contributed by atoms with van der Waals surface area (Å²) in [5.41, 5.74) is -0.600. The van der Waals surface area contributed by atoms with Gasteiger partial charge in [0, 0.05) is 19.2 Å². The SMILES string of the molecule is CN(CC(C)(C)O)C1CCOC1. The molecule has 0 aromatic heterocycles. The lowest BCUT2D eigenvalue weighted by Crippen LogP contribution is -2.42. The lowest BCUT2D eigenvalue weighted by molar-refractivity contribution is 0.0292. The largest absolute Gasteiger partial charge is 0.389 e. The van der Waals surface area contributed by atoms with E-state index in [-0.39, 0.29) is 0 Å². The standard InChI is InChI=1S/C9H19NO2/c1-9(2,11)7-10(3)8-4-5-12-6-8/h8,11H,4-7H2,1-3H3. The normalized spacial score (nSPS) is 25.2. The second kappa shape index (κ2) is 3.73. The van der Waals surface area contributed by atoms with Crippen LogP contribution in [-0.4, -0.2) is 48.5 Å². The summed E-state index contributed by atoms with van der Waals surface area (Å²) in [6.45, 7) is 6.05. The Morgan fingerprint density at radius 3 is 2.67 bits per heavy atom. The third-order valence-corrected chi connectivity index (χ3v) is 2.17. The predicted molar refractivity (Wildman–Crippen MR) is 48.2 cm³/mol. The first-order valence-corrected chi connectivity index (χ1v) is 4.49. The van der Waals surface area contributed by atoms with Crippen molar-refractivity contribution < 1.29 is 9.84 Å². The number of ether oxygens (including phenoxy) is 1. The maximum Gasteiger partial charge on any atom is 0.0718 e. The molecule has 1 saturated heterocycles. The van der Waals surface area contributed by atoms with Crippen LogP contribution in [0.25, 0.3) is 0 Å². The average Bonchev–Trinajstić information content (AvgIpc) is 2.32. The maximum atomic E-state index is 9.57. The van der Waals surface area contributed by atoms with E-state index in [0.29, 0.717) is 12.6 Å². The van der Waals surface area contributed by atoms with Gasteiger partial charge in [-0.1, -0.05) is 0 Å². The topological polar surface area (TPSA) is 32.7 Å². The summed E-state index contributed by atoms with van der Waals surface area (Å²) in [7, 11) is 2.04. The van der Waals surface area contributed by atoms with Crippen LogP contribution in [-0.2, 0) is 4.74 Å². The Morgan fingerprint density at radius 1 is 1.58 bits per heavy atom. The molecule has 3 nitrogen and oxygen atoms in total. The molecule has 1 N–H and O–H groups in total. The molecule has 0 saturated carbocycles. The van der Waals surface area contributed by atoms with Gasteiger partial charge in [0.2, 0.25) is 0 Å². The first-order valence-electron chi connectivity index (χ1n) is 4.49. The fourth-order valence-corrected chi connectivity index (χ4v) is 1.61. The fourth-order valence-electron chi connectivity index (χ4n) is 1.61. The molecular weight excluding hydrogens is 154 g/mol. The van der Waals surface area contributed by atoms with Crippen molar-refractivity contribution in [2.75, 3.05) is 26.8 Å². The van der Waals surface area contributed by atoms with Gasteiger partial charge in [0.25, 0.3) is 0 Å². The summed E-state index contributed by atoms with van der Waals surface area (Å²) in [5.74, 6) is 0. The Bertz CT molecular complexity index is 136. The van der Waals surface area contributed by atoms with Crippen LogP contribution in [0.1, 0.15) is 20.3 Å². The molecular formula is C9H19NO2. The summed E-state index contributed by atoms with van der Waals surface area (Å²) in [4.78, 5) is 2.17. The number of aliphatic hydroxyl groups is 1. The van der Waals surface area contributed by atoms with E-state index in [2.05, 4.69) is 4.90 Å². The van der Waals surface area contributed by atoms with Gasteiger partial charge in [-0.05, 0) is 27.3 Å². The number of hydrogen-bond donors (Lipinski definition) is 1. The molecule has 3 heteroatoms. The zero-order valence-corrected chi connectivity index (χ0v) is 8.21. The molecule has 0 amide bonds. The lowest BCUT2D eigenvalue weighted by Gasteiger charge is -2.29. The molecule has 1 heterocycles. The molecule has 0 aromatic rings. The molecule has 1 aliphatic heterocycles. The number of rotatable bonds is 3. The van der Waals surface area contributed by atoms with E-state index in [1.165, 1.54) is 0 Å². The minimum absolute atomic E-state index is 0.497. The Labute approximate surface area is 74.3 Å². The molecule has 0 aromatic carbocycles. The van der Waals surface area contributed by atoms with Crippen molar-refractivity contribution in [3.63, 3.8) is 0 Å². The van der Waals surface area contributed by atoms with Crippen molar-refractivity contribution in [1.82, 2.24) is 4.90 Å². The second-order valence-electron chi connectivity index (χ2n) is 4.24. The van der Waals surface area contributed by atoms with Crippen molar-refractivity contribution in [1.29, 1.82) is 0 Å². The average molecular weight is 173 g/mol. The van der Waals surface area contributed by atoms with Crippen LogP contribution < -0.4 is 0 Å². The van der Waals surface area contributed by atoms with Crippen LogP contribution >= 0.6 is 0 Å². The highest BCUT2D eigenvalue weighted by atomic mass is 16.5. The van der Waals surface area contributed by atoms with Gasteiger partial charge >= 0.3 is 0 Å². The Hall–Kier alpha value is -0.120. The van der Waals surface area contributed by atoms with E-state index in [0.717, 1.165) is 19.6 Å². The van der Waals surface area contributed by atoms with Crippen LogP contribution in [0.4, 0.5) is 0 Å². The van der Waals surface area contributed by atoms with Crippen molar-refractivity contribution in [3.8, 4) is 0 Å². The zero-order chi connectivity index (χ0) is 9.19. The van der Waals surface area contributed by atoms with Crippen molar-refractivity contribution in [2.24, 2.45) is 0 Å². The van der Waals surface area contributed by atoms with Crippen molar-refractivity contribution in [3.05, 3.63) is 0 Å². The predicted octanol–water partition coefficient (Wildman–Crippen LogP) is 0.478. The molecule has 0 aliphatic carbocycles. The van der Waals surface area contributed by atoms with E-state index in [1.54, 1.807) is 0 Å². The molecule has 1 fully saturated rings. The first-order chi connectivity index (χ1) is 5.49. The third kappa shape index (κ3) is 3.09. The Morgan fingerprint density at radius 2 is 2.25 bits per heavy atom. The van der Waals surface area contributed by atoms with Crippen LogP contribution in [0, 0.1) is 0 Å². The van der Waals surface area contributed by atoms with Gasteiger partial charge < -0.3 is 9.84 Å². The molecule has 0 spiro atoms. The van der Waals surface area contributed by atoms with Crippen molar-refractivity contribution in [2.45, 2.75) is 31.9 Å². The molecule has 72 valence electrons. The molecule has 1 aliphatic rings. The van der Waals surface area contributed by atoms with E-state index >= 15 is 0 Å². The van der Waals surface area contributed by atoms with Crippen LogP contribution in [0.5, 0.6) is 0 Å². The summed E-state index contributed by atoms with van der Waals surface area (Å²) in [6.07, 6.45) is 1.09. The van der Waals surface area contributed by atoms with E-state index in [4.69, 9.17) is 4.74 Å². The van der Waals surface area contributed by atoms with E-state index in [9.17, 15) is 5.11 Å². The lowest BCUT2D eigenvalue weighted by atomic mass is 10.1. The van der Waals surface area contributed by atoms with E-state index in [1.807, 2.05) is 20.9 Å². The minimum Gasteiger partial charge on any atom is -0.389 e. The highest BCUT2D eigenvalue weighted by molar-refractivity contribution is 4.78. The summed E-state index contributed by atoms with van der Waals surface area (Å²) >= 11 is 0. The maximum absolute atomic E-state index is 9.57. The molecule has 1 unspecified atom stereocenters. The van der Waals surface area contributed by atoms with E-state index < -0.39 is 5.60 Å². The van der Waals surface area contributed by atoms with Gasteiger partial charge in [0.1, 0.15) is 0 Å². The van der Waals surface area contributed by atoms with Gasteiger partial charge in [-0.25, -0.2) is 0 Å². The second-order valence-corrected chi connectivity index (χ2v) is 4.24. The summed E-state index contributed by atoms with van der Waals surface area (Å²) in [6, 6.07) is 0.497. The van der Waals surface area contributed by atoms with Gasteiger partial charge in [-0.2, -0.15) is 0 Å². The zero-order valence-electron chi connectivity index (χ0n) is 8.21. The summed E-state index contributed by atoms with van der Waals surface area (Å²) < 4.78 is 5.27. The van der Waals surface area contributed by atoms with Gasteiger partial charge in [0.05, 0.1) is 12.2 Å². The smallest absolute Gasteiger partial charge is 0.0718 e. The fraction of sp³-hybridized carbons (Fsp3) is 1.00. The van der Waals surface area contributed by atoms with Crippen LogP contribution in [0.15, 0.2) is 0 Å². The third-order valence-electron chi connectivity index (χ3n) is 2.17. The quantitative estimate of drug-likeness (QED) is 0.673. The minimum atomic E-state index is -0.600. The van der Waals surface area contributed by atoms with Gasteiger partial charge in [0.15, 0.2) is 0 Å². The highest BCUT2D eigenvalue weighted by Gasteiger charge is 2.24. The van der Waals surface area contributed by atoms with Crippen LogP contribution in [0.2, 0.25) is 0 Å². The van der Waals surface area contributed by atoms with Gasteiger partial charge in [-0.15, -0.1) is 0 Å². The molecule has 12 heavy (non-hydrogen) atoms.